The van der Waals surface area contributed by atoms with E-state index in [0.29, 0.717) is 11.3 Å². The van der Waals surface area contributed by atoms with E-state index in [1.807, 2.05) is 37.5 Å². The number of aromatic nitrogens is 2. The number of benzene rings is 2. The lowest BCUT2D eigenvalue weighted by Gasteiger charge is -2.14. The number of aromatic hydroxyl groups is 1. The summed E-state index contributed by atoms with van der Waals surface area (Å²) in [5, 5.41) is 9.91. The molecule has 0 saturated carbocycles. The van der Waals surface area contributed by atoms with Gasteiger partial charge in [-0.3, -0.25) is 0 Å². The first-order valence-electron chi connectivity index (χ1n) is 6.96. The molecule has 1 heterocycles. The van der Waals surface area contributed by atoms with E-state index in [4.69, 9.17) is 0 Å². The zero-order valence-electron chi connectivity index (χ0n) is 12.3. The van der Waals surface area contributed by atoms with Crippen molar-refractivity contribution in [3.8, 4) is 17.1 Å². The molecule has 0 atom stereocenters. The molecule has 0 spiro atoms. The summed E-state index contributed by atoms with van der Waals surface area (Å²) in [7, 11) is 0. The van der Waals surface area contributed by atoms with Crippen LogP contribution in [0.3, 0.4) is 0 Å². The molecule has 3 nitrogen and oxygen atoms in total. The maximum absolute atomic E-state index is 14.0. The predicted molar refractivity (Wildman–Crippen MR) is 81.9 cm³/mol. The molecular formula is C17H17FN2O. The van der Waals surface area contributed by atoms with Crippen molar-refractivity contribution in [3.63, 3.8) is 0 Å². The number of halogens is 1. The van der Waals surface area contributed by atoms with Gasteiger partial charge in [0.25, 0.3) is 0 Å². The number of hydrogen-bond donors (Lipinski definition) is 1. The molecule has 3 rings (SSSR count). The molecule has 3 aromatic rings. The van der Waals surface area contributed by atoms with E-state index < -0.39 is 0 Å². The van der Waals surface area contributed by atoms with E-state index in [1.54, 1.807) is 18.2 Å². The Labute approximate surface area is 122 Å². The summed E-state index contributed by atoms with van der Waals surface area (Å²) in [4.78, 5) is 4.48. The third-order valence-corrected chi connectivity index (χ3v) is 3.73. The summed E-state index contributed by atoms with van der Waals surface area (Å²) in [6.07, 6.45) is 0. The number of phenols is 1. The Morgan fingerprint density at radius 1 is 1.14 bits per heavy atom. The smallest absolute Gasteiger partial charge is 0.151 e. The second-order valence-electron chi connectivity index (χ2n) is 5.46. The lowest BCUT2D eigenvalue weighted by atomic mass is 10.1. The van der Waals surface area contributed by atoms with Crippen LogP contribution >= 0.6 is 0 Å². The molecule has 4 heteroatoms. The highest BCUT2D eigenvalue weighted by atomic mass is 19.1. The second-order valence-corrected chi connectivity index (χ2v) is 5.46. The third kappa shape index (κ3) is 2.07. The van der Waals surface area contributed by atoms with Crippen molar-refractivity contribution in [3.05, 3.63) is 47.8 Å². The second kappa shape index (κ2) is 4.88. The van der Waals surface area contributed by atoms with E-state index in [1.165, 1.54) is 6.07 Å². The number of rotatable bonds is 2. The SMILES string of the molecule is Cc1c(O)cccc1-c1nc2c(F)cccc2n1C(C)C. The first kappa shape index (κ1) is 13.6. The summed E-state index contributed by atoms with van der Waals surface area (Å²) in [5.41, 5.74) is 2.70. The Bertz CT molecular complexity index is 821. The average molecular weight is 284 g/mol. The zero-order chi connectivity index (χ0) is 15.1. The fourth-order valence-corrected chi connectivity index (χ4v) is 2.66. The highest BCUT2D eigenvalue weighted by Crippen LogP contribution is 2.33. The van der Waals surface area contributed by atoms with Crippen LogP contribution < -0.4 is 0 Å². The van der Waals surface area contributed by atoms with E-state index in [2.05, 4.69) is 4.98 Å². The molecule has 0 aliphatic rings. The number of para-hydroxylation sites is 1. The van der Waals surface area contributed by atoms with Crippen molar-refractivity contribution in [2.24, 2.45) is 0 Å². The first-order chi connectivity index (χ1) is 10.0. The van der Waals surface area contributed by atoms with Crippen LogP contribution in [0.25, 0.3) is 22.4 Å². The van der Waals surface area contributed by atoms with Gasteiger partial charge < -0.3 is 9.67 Å². The van der Waals surface area contributed by atoms with Gasteiger partial charge in [0.2, 0.25) is 0 Å². The molecule has 0 bridgehead atoms. The Hall–Kier alpha value is -2.36. The number of hydrogen-bond acceptors (Lipinski definition) is 2. The quantitative estimate of drug-likeness (QED) is 0.755. The van der Waals surface area contributed by atoms with Crippen LogP contribution in [0.1, 0.15) is 25.5 Å². The van der Waals surface area contributed by atoms with Crippen molar-refractivity contribution in [1.29, 1.82) is 0 Å². The topological polar surface area (TPSA) is 38.1 Å². The molecule has 0 amide bonds. The molecular weight excluding hydrogens is 267 g/mol. The number of phenolic OH excluding ortho intramolecular Hbond substituents is 1. The molecule has 0 aliphatic carbocycles. The molecule has 0 radical (unpaired) electrons. The predicted octanol–water partition coefficient (Wildman–Crippen LogP) is 4.44. The van der Waals surface area contributed by atoms with Crippen LogP contribution in [0.5, 0.6) is 5.75 Å². The Morgan fingerprint density at radius 2 is 1.86 bits per heavy atom. The minimum absolute atomic E-state index is 0.133. The summed E-state index contributed by atoms with van der Waals surface area (Å²) >= 11 is 0. The van der Waals surface area contributed by atoms with Crippen molar-refractivity contribution in [2.75, 3.05) is 0 Å². The Kier molecular flexibility index (Phi) is 3.16. The number of imidazole rings is 1. The molecule has 2 aromatic carbocycles. The molecule has 0 fully saturated rings. The van der Waals surface area contributed by atoms with Gasteiger partial charge >= 0.3 is 0 Å². The van der Waals surface area contributed by atoms with Gasteiger partial charge in [-0.25, -0.2) is 9.37 Å². The van der Waals surface area contributed by atoms with Crippen LogP contribution in [-0.4, -0.2) is 14.7 Å². The summed E-state index contributed by atoms with van der Waals surface area (Å²) in [5.74, 6) is 0.569. The van der Waals surface area contributed by atoms with Gasteiger partial charge in [-0.05, 0) is 39.0 Å². The first-order valence-corrected chi connectivity index (χ1v) is 6.96. The van der Waals surface area contributed by atoms with Crippen LogP contribution in [0, 0.1) is 12.7 Å². The lowest BCUT2D eigenvalue weighted by Crippen LogP contribution is -2.03. The van der Waals surface area contributed by atoms with E-state index in [-0.39, 0.29) is 17.6 Å². The average Bonchev–Trinajstić information content (AvgIpc) is 2.82. The Balaban J connectivity index is 2.39. The van der Waals surface area contributed by atoms with E-state index >= 15 is 0 Å². The van der Waals surface area contributed by atoms with Gasteiger partial charge in [-0.15, -0.1) is 0 Å². The van der Waals surface area contributed by atoms with Gasteiger partial charge in [0, 0.05) is 17.2 Å². The molecule has 1 aromatic heterocycles. The lowest BCUT2D eigenvalue weighted by molar-refractivity contribution is 0.471. The largest absolute Gasteiger partial charge is 0.508 e. The van der Waals surface area contributed by atoms with E-state index in [0.717, 1.165) is 16.6 Å². The molecule has 21 heavy (non-hydrogen) atoms. The van der Waals surface area contributed by atoms with Crippen LogP contribution in [0.2, 0.25) is 0 Å². The van der Waals surface area contributed by atoms with Gasteiger partial charge in [0.15, 0.2) is 5.82 Å². The van der Waals surface area contributed by atoms with Gasteiger partial charge in [-0.2, -0.15) is 0 Å². The molecule has 0 saturated heterocycles. The summed E-state index contributed by atoms with van der Waals surface area (Å²) in [6.45, 7) is 5.91. The fraction of sp³-hybridized carbons (Fsp3) is 0.235. The standard InChI is InChI=1S/C17H17FN2O/c1-10(2)20-14-8-5-7-13(18)16(14)19-17(20)12-6-4-9-15(21)11(12)3/h4-10,21H,1-3H3. The third-order valence-electron chi connectivity index (χ3n) is 3.73. The van der Waals surface area contributed by atoms with Crippen molar-refractivity contribution < 1.29 is 9.50 Å². The van der Waals surface area contributed by atoms with Gasteiger partial charge in [-0.1, -0.05) is 18.2 Å². The maximum Gasteiger partial charge on any atom is 0.151 e. The van der Waals surface area contributed by atoms with Gasteiger partial charge in [0.05, 0.1) is 5.52 Å². The summed E-state index contributed by atoms with van der Waals surface area (Å²) in [6, 6.07) is 10.4. The van der Waals surface area contributed by atoms with Crippen molar-refractivity contribution in [2.45, 2.75) is 26.8 Å². The fourth-order valence-electron chi connectivity index (χ4n) is 2.66. The maximum atomic E-state index is 14.0. The Morgan fingerprint density at radius 3 is 2.57 bits per heavy atom. The van der Waals surface area contributed by atoms with Crippen molar-refractivity contribution >= 4 is 11.0 Å². The minimum atomic E-state index is -0.328. The van der Waals surface area contributed by atoms with E-state index in [9.17, 15) is 9.50 Å². The normalized spacial score (nSPS) is 11.5. The van der Waals surface area contributed by atoms with Crippen LogP contribution in [-0.2, 0) is 0 Å². The molecule has 0 unspecified atom stereocenters. The highest BCUT2D eigenvalue weighted by Gasteiger charge is 2.19. The summed E-state index contributed by atoms with van der Waals surface area (Å²) < 4.78 is 16.0. The number of fused-ring (bicyclic) bond motifs is 1. The van der Waals surface area contributed by atoms with Crippen LogP contribution in [0.4, 0.5) is 4.39 Å². The minimum Gasteiger partial charge on any atom is -0.508 e. The van der Waals surface area contributed by atoms with Crippen molar-refractivity contribution in [1.82, 2.24) is 9.55 Å². The van der Waals surface area contributed by atoms with Gasteiger partial charge in [0.1, 0.15) is 17.1 Å². The highest BCUT2D eigenvalue weighted by molar-refractivity contribution is 5.82. The monoisotopic (exact) mass is 284 g/mol. The molecule has 108 valence electrons. The molecule has 1 N–H and O–H groups in total. The molecule has 0 aliphatic heterocycles. The zero-order valence-corrected chi connectivity index (χ0v) is 12.3. The van der Waals surface area contributed by atoms with Crippen LogP contribution in [0.15, 0.2) is 36.4 Å². The number of nitrogens with zero attached hydrogens (tertiary/aromatic N) is 2.